The van der Waals surface area contributed by atoms with Gasteiger partial charge in [0, 0.05) is 17.6 Å². The van der Waals surface area contributed by atoms with E-state index in [0.29, 0.717) is 27.9 Å². The summed E-state index contributed by atoms with van der Waals surface area (Å²) < 4.78 is 1.59. The van der Waals surface area contributed by atoms with E-state index in [4.69, 9.17) is 11.6 Å². The maximum Gasteiger partial charge on any atom is 0.253 e. The van der Waals surface area contributed by atoms with Crippen LogP contribution in [0.25, 0.3) is 5.78 Å². The highest BCUT2D eigenvalue weighted by molar-refractivity contribution is 7.98. The lowest BCUT2D eigenvalue weighted by Crippen LogP contribution is -2.21. The number of hydrogen-bond acceptors (Lipinski definition) is 5. The minimum absolute atomic E-state index is 0.0989. The van der Waals surface area contributed by atoms with Crippen LogP contribution in [0.4, 0.5) is 0 Å². The van der Waals surface area contributed by atoms with Crippen LogP contribution in [-0.4, -0.2) is 31.6 Å². The van der Waals surface area contributed by atoms with E-state index in [1.165, 1.54) is 11.8 Å². The van der Waals surface area contributed by atoms with Gasteiger partial charge in [0.15, 0.2) is 5.78 Å². The maximum absolute atomic E-state index is 12.5. The average Bonchev–Trinajstić information content (AvgIpc) is 2.96. The predicted molar refractivity (Wildman–Crippen MR) is 89.4 cm³/mol. The molecule has 0 fully saturated rings. The van der Waals surface area contributed by atoms with Crippen molar-refractivity contribution in [3.05, 3.63) is 52.3 Å². The number of halogens is 1. The van der Waals surface area contributed by atoms with Crippen molar-refractivity contribution < 1.29 is 4.79 Å². The molecule has 0 bridgehead atoms. The Morgan fingerprint density at radius 1 is 1.22 bits per heavy atom. The molecule has 1 atom stereocenters. The minimum Gasteiger partial charge on any atom is -0.294 e. The second-order valence-corrected chi connectivity index (χ2v) is 6.73. The van der Waals surface area contributed by atoms with Crippen molar-refractivity contribution in [2.24, 2.45) is 0 Å². The second-order valence-electron chi connectivity index (χ2n) is 5.52. The number of nitrogens with zero attached hydrogens (tertiary/aromatic N) is 4. The van der Waals surface area contributed by atoms with Gasteiger partial charge in [0.1, 0.15) is 0 Å². The number of Topliss-reactive ketones (excluding diaryl/α,β-unsaturated/α-hetero) is 1. The quantitative estimate of drug-likeness (QED) is 0.667. The van der Waals surface area contributed by atoms with Crippen LogP contribution < -0.4 is 0 Å². The molecule has 0 amide bonds. The van der Waals surface area contributed by atoms with Gasteiger partial charge < -0.3 is 0 Å². The van der Waals surface area contributed by atoms with E-state index in [1.54, 1.807) is 10.7 Å². The van der Waals surface area contributed by atoms with Crippen LogP contribution in [0.15, 0.2) is 35.6 Å². The highest BCUT2D eigenvalue weighted by atomic mass is 35.5. The van der Waals surface area contributed by atoms with E-state index in [-0.39, 0.29) is 11.7 Å². The summed E-state index contributed by atoms with van der Waals surface area (Å²) in [6.45, 7) is 0. The molecule has 0 saturated heterocycles. The zero-order valence-corrected chi connectivity index (χ0v) is 13.9. The van der Waals surface area contributed by atoms with Gasteiger partial charge in [0.2, 0.25) is 5.16 Å². The van der Waals surface area contributed by atoms with E-state index in [0.717, 1.165) is 17.7 Å². The summed E-state index contributed by atoms with van der Waals surface area (Å²) in [6, 6.07) is 7.67. The number of thioether (sulfide) groups is 1. The monoisotopic (exact) mass is 344 g/mol. The molecule has 2 heterocycles. The average molecular weight is 345 g/mol. The van der Waals surface area contributed by atoms with Gasteiger partial charge >= 0.3 is 0 Å². The zero-order chi connectivity index (χ0) is 16.0. The molecule has 1 aliphatic rings. The molecule has 23 heavy (non-hydrogen) atoms. The van der Waals surface area contributed by atoms with Crippen LogP contribution in [0.5, 0.6) is 0 Å². The SMILES string of the molecule is CSc1nc2nc3c(cn2n1)C(=O)C[C@H](c1ccc(Cl)cc1)C3. The van der Waals surface area contributed by atoms with Gasteiger partial charge in [0.05, 0.1) is 11.3 Å². The van der Waals surface area contributed by atoms with Crippen molar-refractivity contribution in [2.75, 3.05) is 6.26 Å². The first-order valence-corrected chi connectivity index (χ1v) is 8.83. The van der Waals surface area contributed by atoms with E-state index >= 15 is 0 Å². The highest BCUT2D eigenvalue weighted by Gasteiger charge is 2.28. The maximum atomic E-state index is 12.5. The Balaban J connectivity index is 1.75. The largest absolute Gasteiger partial charge is 0.294 e. The van der Waals surface area contributed by atoms with Gasteiger partial charge in [-0.1, -0.05) is 35.5 Å². The lowest BCUT2D eigenvalue weighted by Gasteiger charge is -2.23. The molecule has 0 spiro atoms. The first kappa shape index (κ1) is 14.7. The number of fused-ring (bicyclic) bond motifs is 2. The number of benzene rings is 1. The molecule has 7 heteroatoms. The summed E-state index contributed by atoms with van der Waals surface area (Å²) in [4.78, 5) is 21.4. The van der Waals surface area contributed by atoms with Crippen molar-refractivity contribution in [2.45, 2.75) is 23.9 Å². The number of aromatic nitrogens is 4. The molecule has 5 nitrogen and oxygen atoms in total. The first-order chi connectivity index (χ1) is 11.1. The van der Waals surface area contributed by atoms with Gasteiger partial charge in [-0.2, -0.15) is 4.98 Å². The number of rotatable bonds is 2. The fraction of sp³-hybridized carbons (Fsp3) is 0.250. The van der Waals surface area contributed by atoms with Crippen LogP contribution in [0, 0.1) is 0 Å². The summed E-state index contributed by atoms with van der Waals surface area (Å²) in [5.74, 6) is 0.768. The van der Waals surface area contributed by atoms with Crippen LogP contribution in [-0.2, 0) is 6.42 Å². The van der Waals surface area contributed by atoms with Gasteiger partial charge in [-0.05, 0) is 36.3 Å². The Bertz CT molecular complexity index is 906. The Morgan fingerprint density at radius 2 is 2.00 bits per heavy atom. The van der Waals surface area contributed by atoms with Crippen LogP contribution in [0.2, 0.25) is 5.02 Å². The Kier molecular flexibility index (Phi) is 3.58. The predicted octanol–water partition coefficient (Wildman–Crippen LogP) is 3.41. The summed E-state index contributed by atoms with van der Waals surface area (Å²) >= 11 is 7.40. The molecule has 116 valence electrons. The van der Waals surface area contributed by atoms with Crippen molar-refractivity contribution in [3.63, 3.8) is 0 Å². The highest BCUT2D eigenvalue weighted by Crippen LogP contribution is 2.32. The summed E-state index contributed by atoms with van der Waals surface area (Å²) in [5.41, 5.74) is 2.57. The second kappa shape index (κ2) is 5.62. The lowest BCUT2D eigenvalue weighted by molar-refractivity contribution is 0.0962. The smallest absolute Gasteiger partial charge is 0.253 e. The third-order valence-electron chi connectivity index (χ3n) is 4.09. The molecular formula is C16H13ClN4OS. The summed E-state index contributed by atoms with van der Waals surface area (Å²) in [6.07, 6.45) is 4.87. The fourth-order valence-electron chi connectivity index (χ4n) is 2.92. The minimum atomic E-state index is 0.0989. The molecule has 1 aliphatic carbocycles. The van der Waals surface area contributed by atoms with Crippen LogP contribution in [0.1, 0.15) is 34.0 Å². The van der Waals surface area contributed by atoms with E-state index < -0.39 is 0 Å². The summed E-state index contributed by atoms with van der Waals surface area (Å²) in [5, 5.41) is 5.65. The first-order valence-electron chi connectivity index (χ1n) is 7.23. The summed E-state index contributed by atoms with van der Waals surface area (Å²) in [7, 11) is 0. The van der Waals surface area contributed by atoms with E-state index in [2.05, 4.69) is 15.1 Å². The normalized spacial score (nSPS) is 17.5. The number of ketones is 1. The van der Waals surface area contributed by atoms with E-state index in [9.17, 15) is 4.79 Å². The molecule has 0 aliphatic heterocycles. The fourth-order valence-corrected chi connectivity index (χ4v) is 3.39. The Hall–Kier alpha value is -1.92. The molecule has 4 rings (SSSR count). The van der Waals surface area contributed by atoms with Crippen LogP contribution >= 0.6 is 23.4 Å². The molecule has 3 aromatic rings. The number of hydrogen-bond donors (Lipinski definition) is 0. The lowest BCUT2D eigenvalue weighted by atomic mass is 9.82. The van der Waals surface area contributed by atoms with Gasteiger partial charge in [-0.15, -0.1) is 5.10 Å². The third kappa shape index (κ3) is 2.62. The molecule has 2 aromatic heterocycles. The van der Waals surface area contributed by atoms with Gasteiger partial charge in [-0.3, -0.25) is 4.79 Å². The number of carbonyl (C=O) groups is 1. The molecular weight excluding hydrogens is 332 g/mol. The van der Waals surface area contributed by atoms with Crippen molar-refractivity contribution in [1.29, 1.82) is 0 Å². The Labute approximate surface area is 142 Å². The van der Waals surface area contributed by atoms with Crippen molar-refractivity contribution >= 4 is 34.9 Å². The van der Waals surface area contributed by atoms with Crippen molar-refractivity contribution in [1.82, 2.24) is 19.6 Å². The van der Waals surface area contributed by atoms with Gasteiger partial charge in [-0.25, -0.2) is 9.50 Å². The molecule has 0 unspecified atom stereocenters. The van der Waals surface area contributed by atoms with Crippen molar-refractivity contribution in [3.8, 4) is 0 Å². The van der Waals surface area contributed by atoms with E-state index in [1.807, 2.05) is 30.5 Å². The van der Waals surface area contributed by atoms with Crippen LogP contribution in [0.3, 0.4) is 0 Å². The van der Waals surface area contributed by atoms with Gasteiger partial charge in [0.25, 0.3) is 5.78 Å². The molecule has 1 aromatic carbocycles. The Morgan fingerprint density at radius 3 is 2.74 bits per heavy atom. The number of carbonyl (C=O) groups excluding carboxylic acids is 1. The standard InChI is InChI=1S/C16H13ClN4OS/c1-23-16-19-15-18-13-6-10(9-2-4-11(17)5-3-9)7-14(22)12(13)8-21(15)20-16/h2-5,8,10H,6-7H2,1H3/t10-/m1/s1. The molecule has 0 saturated carbocycles. The molecule has 0 N–H and O–H groups in total. The zero-order valence-electron chi connectivity index (χ0n) is 12.4. The topological polar surface area (TPSA) is 60.1 Å². The third-order valence-corrected chi connectivity index (χ3v) is 4.88. The molecule has 0 radical (unpaired) electrons.